The van der Waals surface area contributed by atoms with Gasteiger partial charge in [-0.2, -0.15) is 0 Å². The summed E-state index contributed by atoms with van der Waals surface area (Å²) in [6, 6.07) is 4.46. The minimum Gasteiger partial charge on any atom is -0.337 e. The number of piperidine rings is 1. The summed E-state index contributed by atoms with van der Waals surface area (Å²) in [5.74, 6) is -5.36. The third kappa shape index (κ3) is 4.17. The van der Waals surface area contributed by atoms with Gasteiger partial charge in [0.25, 0.3) is 5.92 Å². The van der Waals surface area contributed by atoms with Crippen molar-refractivity contribution in [2.45, 2.75) is 51.4 Å². The summed E-state index contributed by atoms with van der Waals surface area (Å²) in [7, 11) is 0. The zero-order valence-corrected chi connectivity index (χ0v) is 19.8. The molecule has 2 atom stereocenters. The molecule has 1 spiro atoms. The van der Waals surface area contributed by atoms with E-state index in [1.807, 2.05) is 0 Å². The maximum Gasteiger partial charge on any atom is 0.274 e. The fraction of sp³-hybridized carbons (Fsp3) is 0.600. The van der Waals surface area contributed by atoms with Crippen LogP contribution in [0.5, 0.6) is 0 Å². The maximum atomic E-state index is 15.3. The van der Waals surface area contributed by atoms with E-state index in [-0.39, 0.29) is 48.3 Å². The van der Waals surface area contributed by atoms with E-state index in [1.54, 1.807) is 6.07 Å². The van der Waals surface area contributed by atoms with Crippen molar-refractivity contribution >= 4 is 23.4 Å². The van der Waals surface area contributed by atoms with Gasteiger partial charge in [-0.3, -0.25) is 9.59 Å². The van der Waals surface area contributed by atoms with Crippen molar-refractivity contribution in [3.63, 3.8) is 0 Å². The number of likely N-dealkylation sites (tertiary alicyclic amines) is 2. The zero-order valence-electron chi connectivity index (χ0n) is 19.1. The van der Waals surface area contributed by atoms with Gasteiger partial charge in [0.05, 0.1) is 12.0 Å². The molecule has 1 aromatic carbocycles. The van der Waals surface area contributed by atoms with Crippen molar-refractivity contribution in [2.24, 2.45) is 16.7 Å². The molecule has 2 saturated heterocycles. The molecule has 33 heavy (non-hydrogen) atoms. The molecule has 1 aliphatic carbocycles. The lowest BCUT2D eigenvalue weighted by atomic mass is 9.64. The molecule has 0 unspecified atom stereocenters. The number of hydrogen-bond acceptors (Lipinski definition) is 2. The molecule has 180 valence electrons. The highest BCUT2D eigenvalue weighted by molar-refractivity contribution is 6.31. The van der Waals surface area contributed by atoms with Crippen LogP contribution in [0.25, 0.3) is 0 Å². The lowest BCUT2D eigenvalue weighted by Gasteiger charge is -2.57. The Bertz CT molecular complexity index is 954. The normalized spacial score (nSPS) is 27.7. The largest absolute Gasteiger partial charge is 0.337 e. The lowest BCUT2D eigenvalue weighted by molar-refractivity contribution is -0.223. The first-order chi connectivity index (χ1) is 15.4. The van der Waals surface area contributed by atoms with Crippen molar-refractivity contribution in [2.75, 3.05) is 26.2 Å². The Morgan fingerprint density at radius 1 is 1.15 bits per heavy atom. The van der Waals surface area contributed by atoms with Gasteiger partial charge < -0.3 is 9.80 Å². The summed E-state index contributed by atoms with van der Waals surface area (Å²) in [5.41, 5.74) is -1.11. The number of rotatable bonds is 3. The minimum atomic E-state index is -3.11. The number of benzene rings is 1. The zero-order chi connectivity index (χ0) is 24.2. The van der Waals surface area contributed by atoms with E-state index < -0.39 is 35.5 Å². The van der Waals surface area contributed by atoms with Crippen LogP contribution < -0.4 is 0 Å². The molecule has 8 heteroatoms. The Morgan fingerprint density at radius 2 is 1.85 bits per heavy atom. The molecule has 3 fully saturated rings. The van der Waals surface area contributed by atoms with E-state index in [2.05, 4.69) is 20.4 Å². The molecule has 0 N–H and O–H groups in total. The Kier molecular flexibility index (Phi) is 6.09. The number of amides is 2. The second-order valence-electron chi connectivity index (χ2n) is 10.6. The van der Waals surface area contributed by atoms with E-state index in [4.69, 9.17) is 11.6 Å². The quantitative estimate of drug-likeness (QED) is 0.550. The molecular formula is C25H30ClF3N2O2. The summed E-state index contributed by atoms with van der Waals surface area (Å²) in [4.78, 5) is 27.9. The molecular weight excluding hydrogens is 453 g/mol. The number of nitrogens with zero attached hydrogens (tertiary/aromatic N) is 2. The third-order valence-corrected chi connectivity index (χ3v) is 8.22. The molecule has 2 amide bonds. The first-order valence-corrected chi connectivity index (χ1v) is 11.8. The van der Waals surface area contributed by atoms with Crippen LogP contribution in [0.2, 0.25) is 5.02 Å². The predicted octanol–water partition coefficient (Wildman–Crippen LogP) is 5.27. The van der Waals surface area contributed by atoms with E-state index in [1.165, 1.54) is 21.9 Å². The summed E-state index contributed by atoms with van der Waals surface area (Å²) in [6.45, 7) is 7.00. The number of carbonyl (C=O) groups excluding carboxylic acids is 2. The smallest absolute Gasteiger partial charge is 0.274 e. The lowest BCUT2D eigenvalue weighted by Crippen LogP contribution is -2.71. The van der Waals surface area contributed by atoms with Crippen LogP contribution >= 0.6 is 11.6 Å². The van der Waals surface area contributed by atoms with Gasteiger partial charge in [0.2, 0.25) is 11.8 Å². The van der Waals surface area contributed by atoms with E-state index in [9.17, 15) is 14.0 Å². The summed E-state index contributed by atoms with van der Waals surface area (Å²) >= 11 is 6.35. The van der Waals surface area contributed by atoms with Gasteiger partial charge in [0.1, 0.15) is 5.82 Å². The van der Waals surface area contributed by atoms with Gasteiger partial charge >= 0.3 is 0 Å². The Labute approximate surface area is 197 Å². The topological polar surface area (TPSA) is 40.6 Å². The first-order valence-electron chi connectivity index (χ1n) is 11.4. The predicted molar refractivity (Wildman–Crippen MR) is 121 cm³/mol. The van der Waals surface area contributed by atoms with Gasteiger partial charge in [-0.1, -0.05) is 38.1 Å². The summed E-state index contributed by atoms with van der Waals surface area (Å²) in [6.07, 6.45) is 3.05. The van der Waals surface area contributed by atoms with Gasteiger partial charge in [-0.25, -0.2) is 13.2 Å². The van der Waals surface area contributed by atoms with Gasteiger partial charge in [-0.05, 0) is 49.3 Å². The summed E-state index contributed by atoms with van der Waals surface area (Å²) < 4.78 is 45.3. The van der Waals surface area contributed by atoms with E-state index in [0.717, 1.165) is 12.5 Å². The molecule has 2 aliphatic heterocycles. The third-order valence-electron chi connectivity index (χ3n) is 7.89. The van der Waals surface area contributed by atoms with Crippen LogP contribution in [0.15, 0.2) is 30.9 Å². The van der Waals surface area contributed by atoms with Gasteiger partial charge in [0.15, 0.2) is 0 Å². The van der Waals surface area contributed by atoms with Crippen molar-refractivity contribution in [3.05, 3.63) is 47.3 Å². The maximum absolute atomic E-state index is 15.3. The van der Waals surface area contributed by atoms with Crippen LogP contribution in [0, 0.1) is 22.6 Å². The van der Waals surface area contributed by atoms with Crippen molar-refractivity contribution in [1.82, 2.24) is 9.80 Å². The monoisotopic (exact) mass is 482 g/mol. The fourth-order valence-electron chi connectivity index (χ4n) is 5.85. The van der Waals surface area contributed by atoms with Gasteiger partial charge in [0, 0.05) is 42.1 Å². The minimum absolute atomic E-state index is 0.0298. The van der Waals surface area contributed by atoms with Gasteiger partial charge in [-0.15, -0.1) is 0 Å². The number of hydrogen-bond donors (Lipinski definition) is 0. The molecule has 0 aromatic heterocycles. The second-order valence-corrected chi connectivity index (χ2v) is 11.1. The average Bonchev–Trinajstić information content (AvgIpc) is 2.70. The molecule has 0 bridgehead atoms. The average molecular weight is 483 g/mol. The number of halogens is 4. The highest BCUT2D eigenvalue weighted by Crippen LogP contribution is 2.52. The molecule has 4 nitrogen and oxygen atoms in total. The van der Waals surface area contributed by atoms with Crippen LogP contribution in [-0.4, -0.2) is 53.7 Å². The highest BCUT2D eigenvalue weighted by atomic mass is 35.5. The molecule has 4 rings (SSSR count). The van der Waals surface area contributed by atoms with Crippen LogP contribution in [-0.2, 0) is 9.59 Å². The van der Waals surface area contributed by atoms with E-state index in [0.29, 0.717) is 18.4 Å². The molecule has 1 saturated carbocycles. The van der Waals surface area contributed by atoms with Crippen molar-refractivity contribution < 1.29 is 22.8 Å². The fourth-order valence-corrected chi connectivity index (χ4v) is 6.15. The number of carbonyl (C=O) groups is 2. The van der Waals surface area contributed by atoms with Crippen molar-refractivity contribution in [3.8, 4) is 0 Å². The Morgan fingerprint density at radius 3 is 2.45 bits per heavy atom. The van der Waals surface area contributed by atoms with Crippen LogP contribution in [0.4, 0.5) is 13.2 Å². The summed E-state index contributed by atoms with van der Waals surface area (Å²) in [5, 5.41) is 0.264. The molecule has 1 aromatic rings. The van der Waals surface area contributed by atoms with E-state index >= 15 is 8.78 Å². The van der Waals surface area contributed by atoms with Crippen molar-refractivity contribution in [1.29, 1.82) is 0 Å². The molecule has 0 radical (unpaired) electrons. The second kappa shape index (κ2) is 8.33. The molecule has 2 heterocycles. The van der Waals surface area contributed by atoms with Crippen LogP contribution in [0.3, 0.4) is 0 Å². The number of alkyl halides is 2. The first kappa shape index (κ1) is 24.1. The highest BCUT2D eigenvalue weighted by Gasteiger charge is 2.64. The molecule has 3 aliphatic rings. The SMILES string of the molecule is C=CC(=O)N1CC2(CCN(C(=O)[C@H]3CCC(C)(C)C[C@@H]3c3c(F)cccc3Cl)CC2(F)F)C1. The van der Waals surface area contributed by atoms with Crippen LogP contribution in [0.1, 0.15) is 51.0 Å². The Balaban J connectivity index is 1.55. The standard InChI is InChI=1S/C25H30ClF3N2O2/c1-4-20(32)31-13-24(14-31)10-11-30(15-25(24,28)29)22(33)16-8-9-23(2,3)12-17(16)21-18(26)6-5-7-19(21)27/h4-7,16-17H,1,8-15H2,2-3H3/t16-,17-/m0/s1. The Hall–Kier alpha value is -2.02.